The van der Waals surface area contributed by atoms with Gasteiger partial charge in [0.05, 0.1) is 0 Å². The predicted molar refractivity (Wildman–Crippen MR) is 69.7 cm³/mol. The van der Waals surface area contributed by atoms with Gasteiger partial charge >= 0.3 is 0 Å². The molecule has 1 heteroatoms. The molecule has 0 saturated carbocycles. The zero-order chi connectivity index (χ0) is 11.7. The molecule has 0 spiro atoms. The predicted octanol–water partition coefficient (Wildman–Crippen LogP) is 3.36. The normalized spacial score (nSPS) is 19.9. The maximum Gasteiger partial charge on any atom is 0.0211 e. The van der Waals surface area contributed by atoms with E-state index in [0.717, 1.165) is 12.5 Å². The standard InChI is InChI=1S/C15H23N/c1-10(2)5-14-8-15-12(4)6-11(3)7-13(15)9-16-14/h6-7,10,14,16H,5,8-9H2,1-4H3. The van der Waals surface area contributed by atoms with Gasteiger partial charge in [-0.15, -0.1) is 0 Å². The molecule has 0 fully saturated rings. The molecule has 1 aliphatic heterocycles. The van der Waals surface area contributed by atoms with E-state index in [4.69, 9.17) is 0 Å². The molecule has 0 radical (unpaired) electrons. The monoisotopic (exact) mass is 217 g/mol. The molecule has 88 valence electrons. The smallest absolute Gasteiger partial charge is 0.0211 e. The number of hydrogen-bond acceptors (Lipinski definition) is 1. The largest absolute Gasteiger partial charge is 0.310 e. The van der Waals surface area contributed by atoms with Crippen LogP contribution in [0.2, 0.25) is 0 Å². The van der Waals surface area contributed by atoms with E-state index in [2.05, 4.69) is 45.1 Å². The highest BCUT2D eigenvalue weighted by atomic mass is 14.9. The maximum atomic E-state index is 3.66. The van der Waals surface area contributed by atoms with Crippen molar-refractivity contribution < 1.29 is 0 Å². The number of benzene rings is 1. The van der Waals surface area contributed by atoms with Crippen molar-refractivity contribution >= 4 is 0 Å². The second-order valence-corrected chi connectivity index (χ2v) is 5.63. The van der Waals surface area contributed by atoms with Gasteiger partial charge in [-0.05, 0) is 49.3 Å². The Balaban J connectivity index is 2.20. The number of rotatable bonds is 2. The van der Waals surface area contributed by atoms with Crippen LogP contribution < -0.4 is 5.32 Å². The molecule has 1 unspecified atom stereocenters. The minimum atomic E-state index is 0.675. The van der Waals surface area contributed by atoms with E-state index in [1.54, 1.807) is 5.56 Å². The summed E-state index contributed by atoms with van der Waals surface area (Å²) < 4.78 is 0. The fourth-order valence-electron chi connectivity index (χ4n) is 2.84. The fraction of sp³-hybridized carbons (Fsp3) is 0.600. The van der Waals surface area contributed by atoms with Crippen LogP contribution in [0.15, 0.2) is 12.1 Å². The lowest BCUT2D eigenvalue weighted by Crippen LogP contribution is -2.36. The summed E-state index contributed by atoms with van der Waals surface area (Å²) in [4.78, 5) is 0. The van der Waals surface area contributed by atoms with Crippen LogP contribution in [0.25, 0.3) is 0 Å². The Hall–Kier alpha value is -0.820. The zero-order valence-electron chi connectivity index (χ0n) is 10.9. The Kier molecular flexibility index (Phi) is 3.34. The molecule has 1 aromatic carbocycles. The van der Waals surface area contributed by atoms with Crippen LogP contribution in [0.3, 0.4) is 0 Å². The molecule has 1 nitrogen and oxygen atoms in total. The van der Waals surface area contributed by atoms with E-state index in [0.29, 0.717) is 6.04 Å². The van der Waals surface area contributed by atoms with Crippen molar-refractivity contribution in [3.8, 4) is 0 Å². The van der Waals surface area contributed by atoms with E-state index in [9.17, 15) is 0 Å². The van der Waals surface area contributed by atoms with Crippen LogP contribution >= 0.6 is 0 Å². The van der Waals surface area contributed by atoms with Crippen LogP contribution in [-0.4, -0.2) is 6.04 Å². The molecule has 1 N–H and O–H groups in total. The first-order chi connectivity index (χ1) is 7.56. The Morgan fingerprint density at radius 1 is 1.31 bits per heavy atom. The molecule has 0 aromatic heterocycles. The number of nitrogens with one attached hydrogen (secondary N) is 1. The first kappa shape index (κ1) is 11.7. The molecule has 1 atom stereocenters. The average Bonchev–Trinajstić information content (AvgIpc) is 2.18. The summed E-state index contributed by atoms with van der Waals surface area (Å²) in [6.07, 6.45) is 2.49. The number of fused-ring (bicyclic) bond motifs is 1. The molecule has 16 heavy (non-hydrogen) atoms. The SMILES string of the molecule is Cc1cc(C)c2c(c1)CNC(CC(C)C)C2. The summed E-state index contributed by atoms with van der Waals surface area (Å²) in [6, 6.07) is 5.33. The van der Waals surface area contributed by atoms with E-state index in [1.807, 2.05) is 0 Å². The van der Waals surface area contributed by atoms with Crippen molar-refractivity contribution in [2.75, 3.05) is 0 Å². The van der Waals surface area contributed by atoms with Crippen LogP contribution in [0.4, 0.5) is 0 Å². The van der Waals surface area contributed by atoms with Crippen LogP contribution in [-0.2, 0) is 13.0 Å². The highest BCUT2D eigenvalue weighted by Crippen LogP contribution is 2.24. The topological polar surface area (TPSA) is 12.0 Å². The molecule has 0 saturated heterocycles. The molecule has 1 aromatic rings. The van der Waals surface area contributed by atoms with Gasteiger partial charge in [0.25, 0.3) is 0 Å². The van der Waals surface area contributed by atoms with Gasteiger partial charge in [-0.25, -0.2) is 0 Å². The van der Waals surface area contributed by atoms with Gasteiger partial charge in [0.2, 0.25) is 0 Å². The molecule has 0 amide bonds. The first-order valence-corrected chi connectivity index (χ1v) is 6.38. The molecule has 2 rings (SSSR count). The van der Waals surface area contributed by atoms with Crippen LogP contribution in [0.5, 0.6) is 0 Å². The Morgan fingerprint density at radius 2 is 2.06 bits per heavy atom. The van der Waals surface area contributed by atoms with Crippen molar-refractivity contribution in [1.82, 2.24) is 5.32 Å². The van der Waals surface area contributed by atoms with Crippen molar-refractivity contribution in [2.24, 2.45) is 5.92 Å². The van der Waals surface area contributed by atoms with Gasteiger partial charge < -0.3 is 5.32 Å². The third-order valence-electron chi connectivity index (χ3n) is 3.50. The lowest BCUT2D eigenvalue weighted by molar-refractivity contribution is 0.397. The summed E-state index contributed by atoms with van der Waals surface area (Å²) in [6.45, 7) is 10.1. The Bertz CT molecular complexity index is 379. The van der Waals surface area contributed by atoms with E-state index >= 15 is 0 Å². The third-order valence-corrected chi connectivity index (χ3v) is 3.50. The summed E-state index contributed by atoms with van der Waals surface area (Å²) in [5, 5.41) is 3.66. The van der Waals surface area contributed by atoms with Crippen molar-refractivity contribution in [3.63, 3.8) is 0 Å². The summed E-state index contributed by atoms with van der Waals surface area (Å²) >= 11 is 0. The lowest BCUT2D eigenvalue weighted by Gasteiger charge is -2.29. The van der Waals surface area contributed by atoms with Gasteiger partial charge in [0, 0.05) is 12.6 Å². The van der Waals surface area contributed by atoms with Gasteiger partial charge in [0.1, 0.15) is 0 Å². The zero-order valence-corrected chi connectivity index (χ0v) is 10.9. The molecule has 0 bridgehead atoms. The second-order valence-electron chi connectivity index (χ2n) is 5.63. The van der Waals surface area contributed by atoms with Gasteiger partial charge in [-0.1, -0.05) is 31.5 Å². The molecular weight excluding hydrogens is 194 g/mol. The molecular formula is C15H23N. The minimum absolute atomic E-state index is 0.675. The summed E-state index contributed by atoms with van der Waals surface area (Å²) in [7, 11) is 0. The van der Waals surface area contributed by atoms with Gasteiger partial charge in [-0.3, -0.25) is 0 Å². The number of hydrogen-bond donors (Lipinski definition) is 1. The van der Waals surface area contributed by atoms with E-state index in [1.165, 1.54) is 29.5 Å². The van der Waals surface area contributed by atoms with Crippen molar-refractivity contribution in [3.05, 3.63) is 34.4 Å². The summed E-state index contributed by atoms with van der Waals surface area (Å²) in [5.74, 6) is 0.782. The molecule has 0 aliphatic carbocycles. The Labute approximate surface area is 99.3 Å². The average molecular weight is 217 g/mol. The van der Waals surface area contributed by atoms with Crippen molar-refractivity contribution in [1.29, 1.82) is 0 Å². The minimum Gasteiger partial charge on any atom is -0.310 e. The highest BCUT2D eigenvalue weighted by Gasteiger charge is 2.20. The first-order valence-electron chi connectivity index (χ1n) is 6.38. The van der Waals surface area contributed by atoms with Crippen molar-refractivity contribution in [2.45, 2.75) is 53.1 Å². The van der Waals surface area contributed by atoms with Gasteiger partial charge in [0.15, 0.2) is 0 Å². The van der Waals surface area contributed by atoms with Crippen LogP contribution in [0, 0.1) is 19.8 Å². The van der Waals surface area contributed by atoms with E-state index in [-0.39, 0.29) is 0 Å². The second kappa shape index (κ2) is 4.58. The van der Waals surface area contributed by atoms with Crippen LogP contribution in [0.1, 0.15) is 42.5 Å². The highest BCUT2D eigenvalue weighted by molar-refractivity contribution is 5.40. The third kappa shape index (κ3) is 2.46. The molecule has 1 heterocycles. The van der Waals surface area contributed by atoms with E-state index < -0.39 is 0 Å². The lowest BCUT2D eigenvalue weighted by atomic mass is 9.87. The quantitative estimate of drug-likeness (QED) is 0.801. The number of aryl methyl sites for hydroxylation is 2. The fourth-order valence-corrected chi connectivity index (χ4v) is 2.84. The Morgan fingerprint density at radius 3 is 2.75 bits per heavy atom. The maximum absolute atomic E-state index is 3.66. The summed E-state index contributed by atoms with van der Waals surface area (Å²) in [5.41, 5.74) is 5.97. The molecule has 1 aliphatic rings. The van der Waals surface area contributed by atoms with Gasteiger partial charge in [-0.2, -0.15) is 0 Å².